The standard InChI is InChI=1S/C39H44F2N6O2Si/c1-4-26-28(40)8-6-23-18-25(48)19-27(32(23)26)35-34(41)36-33-30(43-35)10-11-31-29-9-7-24(42-29)20-47(31)37(33)45-38(44-36)49-22-39(12-13-39)21-46-14-5-16-50(2,3)17-15-46/h1,6,8,18-19,24,29,31,42,48H,5,7,9-17,20-22H2,2-3H3/t24-,29+,31-/m1/s1. The Hall–Kier alpha value is -3.85. The smallest absolute Gasteiger partial charge is 0.319 e. The second-order valence-electron chi connectivity index (χ2n) is 16.3. The second kappa shape index (κ2) is 11.9. The number of aryl methyl sites for hydroxylation is 1. The summed E-state index contributed by atoms with van der Waals surface area (Å²) in [6.45, 7) is 9.58. The maximum atomic E-state index is 17.2. The van der Waals surface area contributed by atoms with Gasteiger partial charge in [-0.2, -0.15) is 9.97 Å². The first kappa shape index (κ1) is 32.1. The predicted octanol–water partition coefficient (Wildman–Crippen LogP) is 6.64. The number of fused-ring (bicyclic) bond motifs is 6. The van der Waals surface area contributed by atoms with Gasteiger partial charge in [-0.3, -0.25) is 0 Å². The van der Waals surface area contributed by atoms with E-state index < -0.39 is 19.7 Å². The quantitative estimate of drug-likeness (QED) is 0.172. The Morgan fingerprint density at radius 2 is 1.94 bits per heavy atom. The van der Waals surface area contributed by atoms with Gasteiger partial charge in [0.1, 0.15) is 28.6 Å². The summed E-state index contributed by atoms with van der Waals surface area (Å²) in [7, 11) is -1.11. The van der Waals surface area contributed by atoms with E-state index in [0.717, 1.165) is 58.3 Å². The minimum absolute atomic E-state index is 0.00124. The Morgan fingerprint density at radius 1 is 1.08 bits per heavy atom. The van der Waals surface area contributed by atoms with Gasteiger partial charge >= 0.3 is 6.01 Å². The van der Waals surface area contributed by atoms with Crippen molar-refractivity contribution in [2.75, 3.05) is 37.7 Å². The van der Waals surface area contributed by atoms with E-state index >= 15 is 8.78 Å². The number of aromatic nitrogens is 3. The van der Waals surface area contributed by atoms with Gasteiger partial charge in [0.15, 0.2) is 5.82 Å². The van der Waals surface area contributed by atoms with Crippen LogP contribution in [0.3, 0.4) is 0 Å². The van der Waals surface area contributed by atoms with Crippen LogP contribution in [0.1, 0.15) is 49.8 Å². The van der Waals surface area contributed by atoms with Crippen LogP contribution in [-0.2, 0) is 6.42 Å². The summed E-state index contributed by atoms with van der Waals surface area (Å²) in [5.74, 6) is 1.78. The Labute approximate surface area is 292 Å². The number of halogens is 2. The third-order valence-electron chi connectivity index (χ3n) is 12.2. The summed E-state index contributed by atoms with van der Waals surface area (Å²) in [5.41, 5.74) is 1.09. The third-order valence-corrected chi connectivity index (χ3v) is 15.5. The number of nitrogens with zero attached hydrogens (tertiary/aromatic N) is 5. The van der Waals surface area contributed by atoms with Crippen LogP contribution in [-0.4, -0.2) is 83.9 Å². The lowest BCUT2D eigenvalue weighted by Crippen LogP contribution is -2.58. The summed E-state index contributed by atoms with van der Waals surface area (Å²) in [6.07, 6.45) is 12.8. The topological polar surface area (TPSA) is 86.6 Å². The van der Waals surface area contributed by atoms with Gasteiger partial charge in [0, 0.05) is 55.7 Å². The Balaban J connectivity index is 1.15. The fourth-order valence-electron chi connectivity index (χ4n) is 9.22. The molecule has 3 saturated heterocycles. The van der Waals surface area contributed by atoms with Gasteiger partial charge in [0.25, 0.3) is 0 Å². The number of hydrogen-bond donors (Lipinski definition) is 2. The van der Waals surface area contributed by atoms with E-state index in [0.29, 0.717) is 52.8 Å². The van der Waals surface area contributed by atoms with Gasteiger partial charge in [-0.05, 0) is 87.7 Å². The zero-order valence-corrected chi connectivity index (χ0v) is 29.9. The van der Waals surface area contributed by atoms with Crippen molar-refractivity contribution in [3.8, 4) is 35.4 Å². The largest absolute Gasteiger partial charge is 0.508 e. The predicted molar refractivity (Wildman–Crippen MR) is 195 cm³/mol. The third kappa shape index (κ3) is 5.51. The molecule has 5 aliphatic rings. The SMILES string of the molecule is C#Cc1c(F)ccc2cc(O)cc(-c3nc4c5c(nc(OCC6(CN7CCC[Si](C)(C)CC7)CC6)nc5c3F)N3C[C@H]5CC[C@H](N5)[C@H]3CC4)c12. The summed E-state index contributed by atoms with van der Waals surface area (Å²) < 4.78 is 38.8. The number of hydrogen-bond acceptors (Lipinski definition) is 8. The lowest BCUT2D eigenvalue weighted by atomic mass is 9.95. The van der Waals surface area contributed by atoms with Crippen LogP contribution in [0.4, 0.5) is 14.6 Å². The first-order valence-electron chi connectivity index (χ1n) is 18.3. The molecule has 9 rings (SSSR count). The van der Waals surface area contributed by atoms with E-state index in [-0.39, 0.29) is 45.6 Å². The zero-order chi connectivity index (χ0) is 34.4. The molecule has 1 aliphatic carbocycles. The van der Waals surface area contributed by atoms with E-state index in [4.69, 9.17) is 26.1 Å². The summed E-state index contributed by atoms with van der Waals surface area (Å²) >= 11 is 0. The first-order chi connectivity index (χ1) is 24.1. The molecule has 2 N–H and O–H groups in total. The molecule has 0 spiro atoms. The highest BCUT2D eigenvalue weighted by atomic mass is 28.3. The number of phenols is 1. The van der Waals surface area contributed by atoms with Crippen LogP contribution in [0.2, 0.25) is 25.2 Å². The van der Waals surface area contributed by atoms with Crippen LogP contribution in [0.15, 0.2) is 24.3 Å². The highest BCUT2D eigenvalue weighted by Crippen LogP contribution is 2.48. The van der Waals surface area contributed by atoms with E-state index in [1.165, 1.54) is 42.8 Å². The average molecular weight is 695 g/mol. The van der Waals surface area contributed by atoms with Gasteiger partial charge in [-0.1, -0.05) is 31.1 Å². The number of rotatable bonds is 6. The molecule has 2 bridgehead atoms. The number of pyridine rings is 1. The molecule has 4 aromatic rings. The molecule has 0 unspecified atom stereocenters. The monoisotopic (exact) mass is 694 g/mol. The lowest BCUT2D eigenvalue weighted by Gasteiger charge is -2.41. The van der Waals surface area contributed by atoms with Crippen LogP contribution >= 0.6 is 0 Å². The molecule has 4 aliphatic heterocycles. The van der Waals surface area contributed by atoms with Crippen molar-refractivity contribution in [2.24, 2.45) is 5.41 Å². The number of terminal acetylenes is 1. The number of ether oxygens (including phenoxy) is 1. The number of benzene rings is 2. The molecular weight excluding hydrogens is 651 g/mol. The lowest BCUT2D eigenvalue weighted by molar-refractivity contribution is 0.159. The molecule has 6 heterocycles. The molecule has 2 aromatic carbocycles. The highest BCUT2D eigenvalue weighted by molar-refractivity contribution is 6.77. The van der Waals surface area contributed by atoms with Gasteiger partial charge in [0.05, 0.1) is 23.3 Å². The maximum Gasteiger partial charge on any atom is 0.319 e. The minimum atomic E-state index is -1.11. The van der Waals surface area contributed by atoms with Crippen molar-refractivity contribution in [3.05, 3.63) is 47.2 Å². The fourth-order valence-corrected chi connectivity index (χ4v) is 11.5. The Kier molecular flexibility index (Phi) is 7.61. The minimum Gasteiger partial charge on any atom is -0.508 e. The second-order valence-corrected chi connectivity index (χ2v) is 21.6. The Morgan fingerprint density at radius 3 is 2.76 bits per heavy atom. The Bertz CT molecular complexity index is 2080. The molecule has 0 radical (unpaired) electrons. The zero-order valence-electron chi connectivity index (χ0n) is 28.9. The molecule has 4 fully saturated rings. The first-order valence-corrected chi connectivity index (χ1v) is 21.7. The fraction of sp³-hybridized carbons (Fsp3) is 0.513. The van der Waals surface area contributed by atoms with E-state index in [2.05, 4.69) is 34.1 Å². The number of anilines is 1. The van der Waals surface area contributed by atoms with Crippen LogP contribution in [0.25, 0.3) is 32.9 Å². The van der Waals surface area contributed by atoms with Gasteiger partial charge in [-0.25, -0.2) is 13.8 Å². The van der Waals surface area contributed by atoms with Gasteiger partial charge < -0.3 is 25.0 Å². The number of piperazine rings is 1. The van der Waals surface area contributed by atoms with E-state index in [1.807, 2.05) is 0 Å². The molecule has 50 heavy (non-hydrogen) atoms. The summed E-state index contributed by atoms with van der Waals surface area (Å²) in [6, 6.07) is 9.45. The molecular formula is C39H44F2N6O2Si. The number of phenolic OH excluding ortho intramolecular Hbond substituents is 1. The van der Waals surface area contributed by atoms with Crippen molar-refractivity contribution >= 4 is 35.6 Å². The van der Waals surface area contributed by atoms with E-state index in [9.17, 15) is 5.11 Å². The molecule has 260 valence electrons. The van der Waals surface area contributed by atoms with Crippen molar-refractivity contribution < 1.29 is 18.6 Å². The molecule has 1 saturated carbocycles. The maximum absolute atomic E-state index is 17.2. The average Bonchev–Trinajstić information content (AvgIpc) is 3.82. The van der Waals surface area contributed by atoms with Gasteiger partial charge in [-0.15, -0.1) is 6.42 Å². The highest BCUT2D eigenvalue weighted by Gasteiger charge is 2.46. The van der Waals surface area contributed by atoms with Gasteiger partial charge in [0.2, 0.25) is 0 Å². The molecule has 0 amide bonds. The van der Waals surface area contributed by atoms with Crippen molar-refractivity contribution in [2.45, 2.75) is 88.3 Å². The van der Waals surface area contributed by atoms with E-state index in [1.54, 1.807) is 0 Å². The molecule has 11 heteroatoms. The van der Waals surface area contributed by atoms with Crippen molar-refractivity contribution in [1.82, 2.24) is 25.2 Å². The van der Waals surface area contributed by atoms with Crippen LogP contribution in [0.5, 0.6) is 11.8 Å². The van der Waals surface area contributed by atoms with Crippen LogP contribution < -0.4 is 15.0 Å². The van der Waals surface area contributed by atoms with Crippen molar-refractivity contribution in [3.63, 3.8) is 0 Å². The molecule has 3 atom stereocenters. The normalized spacial score (nSPS) is 25.2. The summed E-state index contributed by atoms with van der Waals surface area (Å²) in [4.78, 5) is 19.8. The van der Waals surface area contributed by atoms with Crippen LogP contribution in [0, 0.1) is 29.4 Å². The number of nitrogens with one attached hydrogen (secondary N) is 1. The summed E-state index contributed by atoms with van der Waals surface area (Å²) in [5, 5.41) is 16.0. The van der Waals surface area contributed by atoms with Crippen molar-refractivity contribution in [1.29, 1.82) is 0 Å². The number of aromatic hydroxyl groups is 1. The molecule has 2 aromatic heterocycles. The molecule has 8 nitrogen and oxygen atoms in total.